The van der Waals surface area contributed by atoms with Crippen molar-refractivity contribution in [2.24, 2.45) is 11.8 Å². The maximum absolute atomic E-state index is 16.2. The van der Waals surface area contributed by atoms with E-state index in [4.69, 9.17) is 14.2 Å². The fourth-order valence-corrected chi connectivity index (χ4v) is 9.00. The van der Waals surface area contributed by atoms with Crippen LogP contribution in [0, 0.1) is 11.8 Å². The monoisotopic (exact) mass is 703 g/mol. The zero-order valence-corrected chi connectivity index (χ0v) is 29.7. The number of hydrogen-bond acceptors (Lipinski definition) is 7. The molecular weight excluding hydrogens is 666 g/mol. The van der Waals surface area contributed by atoms with Gasteiger partial charge in [0.25, 0.3) is 0 Å². The van der Waals surface area contributed by atoms with Crippen molar-refractivity contribution in [3.05, 3.63) is 161 Å². The lowest BCUT2D eigenvalue weighted by Gasteiger charge is -2.39. The van der Waals surface area contributed by atoms with Gasteiger partial charge in [0.2, 0.25) is 11.8 Å². The largest absolute Gasteiger partial charge is 0.497 e. The van der Waals surface area contributed by atoms with Crippen molar-refractivity contribution in [1.82, 2.24) is 0 Å². The first-order valence-corrected chi connectivity index (χ1v) is 17.6. The molecule has 2 aliphatic carbocycles. The van der Waals surface area contributed by atoms with Gasteiger partial charge in [-0.1, -0.05) is 97.1 Å². The van der Waals surface area contributed by atoms with Crippen LogP contribution in [0.15, 0.2) is 133 Å². The SMILES string of the molecule is COc1ccc(C2=C(c3ccc(OC)cc3)[C@@]3(c4ccccc4)C(=O)[C@@]2(c2ccccc2)[C@@H]2C(=O)N(c4ccccc4C(=O)OC(C)C)C(=O)[C@H]23)cc1. The Bertz CT molecular complexity index is 2170. The molecular formula is C45H37NO7. The predicted octanol–water partition coefficient (Wildman–Crippen LogP) is 7.46. The molecule has 1 heterocycles. The number of anilines is 1. The highest BCUT2D eigenvalue weighted by atomic mass is 16.5. The minimum atomic E-state index is -1.61. The molecule has 0 aromatic heterocycles. The summed E-state index contributed by atoms with van der Waals surface area (Å²) in [6.07, 6.45) is -0.431. The van der Waals surface area contributed by atoms with Crippen molar-refractivity contribution >= 4 is 40.4 Å². The number of imide groups is 1. The lowest BCUT2D eigenvalue weighted by Crippen LogP contribution is -2.46. The smallest absolute Gasteiger partial charge is 0.340 e. The van der Waals surface area contributed by atoms with E-state index >= 15 is 14.4 Å². The molecule has 0 N–H and O–H groups in total. The molecule has 0 unspecified atom stereocenters. The van der Waals surface area contributed by atoms with E-state index in [2.05, 4.69) is 0 Å². The number of methoxy groups -OCH3 is 2. The number of allylic oxidation sites excluding steroid dienone is 2. The molecule has 2 bridgehead atoms. The van der Waals surface area contributed by atoms with E-state index in [9.17, 15) is 4.79 Å². The number of esters is 1. The molecule has 4 atom stereocenters. The van der Waals surface area contributed by atoms with Crippen molar-refractivity contribution in [3.63, 3.8) is 0 Å². The van der Waals surface area contributed by atoms with Crippen molar-refractivity contribution in [2.75, 3.05) is 19.1 Å². The Kier molecular flexibility index (Phi) is 8.13. The molecule has 53 heavy (non-hydrogen) atoms. The number of rotatable bonds is 9. The Morgan fingerprint density at radius 3 is 1.42 bits per heavy atom. The van der Waals surface area contributed by atoms with Gasteiger partial charge in [0.05, 0.1) is 54.2 Å². The summed E-state index contributed by atoms with van der Waals surface area (Å²) in [5.74, 6) is -3.07. The number of benzene rings is 5. The van der Waals surface area contributed by atoms with Crippen molar-refractivity contribution in [1.29, 1.82) is 0 Å². The normalized spacial score (nSPS) is 23.1. The van der Waals surface area contributed by atoms with E-state index in [1.54, 1.807) is 52.3 Å². The predicted molar refractivity (Wildman–Crippen MR) is 201 cm³/mol. The van der Waals surface area contributed by atoms with Crippen LogP contribution in [0.1, 0.15) is 46.5 Å². The summed E-state index contributed by atoms with van der Waals surface area (Å²) in [6, 6.07) is 40.0. The first-order valence-electron chi connectivity index (χ1n) is 17.6. The lowest BCUT2D eigenvalue weighted by atomic mass is 9.59. The van der Waals surface area contributed by atoms with E-state index in [0.717, 1.165) is 4.90 Å². The van der Waals surface area contributed by atoms with Gasteiger partial charge in [-0.15, -0.1) is 0 Å². The Balaban J connectivity index is 1.50. The minimum absolute atomic E-state index is 0.0859. The molecule has 8 nitrogen and oxygen atoms in total. The van der Waals surface area contributed by atoms with Crippen LogP contribution in [0.2, 0.25) is 0 Å². The summed E-state index contributed by atoms with van der Waals surface area (Å²) >= 11 is 0. The van der Waals surface area contributed by atoms with Crippen LogP contribution in [-0.2, 0) is 30.0 Å². The van der Waals surface area contributed by atoms with Gasteiger partial charge in [-0.25, -0.2) is 9.69 Å². The molecule has 1 saturated carbocycles. The number of amides is 2. The topological polar surface area (TPSA) is 99.2 Å². The van der Waals surface area contributed by atoms with Crippen LogP contribution in [-0.4, -0.2) is 43.9 Å². The zero-order valence-electron chi connectivity index (χ0n) is 29.7. The maximum atomic E-state index is 16.2. The summed E-state index contributed by atoms with van der Waals surface area (Å²) < 4.78 is 16.6. The summed E-state index contributed by atoms with van der Waals surface area (Å²) in [4.78, 5) is 61.6. The molecule has 3 aliphatic rings. The summed E-state index contributed by atoms with van der Waals surface area (Å²) in [5, 5.41) is 0. The highest BCUT2D eigenvalue weighted by Gasteiger charge is 2.82. The van der Waals surface area contributed by atoms with Crippen LogP contribution in [0.3, 0.4) is 0 Å². The molecule has 5 aromatic carbocycles. The lowest BCUT2D eigenvalue weighted by molar-refractivity contribution is -0.130. The fraction of sp³-hybridized carbons (Fsp3) is 0.200. The van der Waals surface area contributed by atoms with Gasteiger partial charge in [-0.2, -0.15) is 0 Å². The van der Waals surface area contributed by atoms with Gasteiger partial charge in [-0.3, -0.25) is 14.4 Å². The van der Waals surface area contributed by atoms with E-state index in [1.807, 2.05) is 109 Å². The van der Waals surface area contributed by atoms with Crippen molar-refractivity contribution in [3.8, 4) is 11.5 Å². The van der Waals surface area contributed by atoms with Crippen LogP contribution in [0.5, 0.6) is 11.5 Å². The Labute approximate surface area is 307 Å². The minimum Gasteiger partial charge on any atom is -0.497 e. The third-order valence-electron chi connectivity index (χ3n) is 10.9. The number of ether oxygens (including phenoxy) is 3. The third kappa shape index (κ3) is 4.68. The molecule has 8 heteroatoms. The van der Waals surface area contributed by atoms with E-state index in [0.29, 0.717) is 44.9 Å². The number of ketones is 1. The van der Waals surface area contributed by atoms with E-state index < -0.39 is 46.6 Å². The molecule has 8 rings (SSSR count). The number of carbonyl (C=O) groups excluding carboxylic acids is 4. The highest BCUT2D eigenvalue weighted by Crippen LogP contribution is 2.74. The van der Waals surface area contributed by atoms with E-state index in [1.165, 1.54) is 0 Å². The average Bonchev–Trinajstić information content (AvgIpc) is 3.70. The Hall–Kier alpha value is -6.28. The number of Topliss-reactive ketones (excluding diaryl/α,β-unsaturated/α-hetero) is 1. The quantitative estimate of drug-likeness (QED) is 0.116. The number of nitrogens with zero attached hydrogens (tertiary/aromatic N) is 1. The molecule has 1 saturated heterocycles. The van der Waals surface area contributed by atoms with Crippen molar-refractivity contribution < 1.29 is 33.4 Å². The van der Waals surface area contributed by atoms with Gasteiger partial charge in [0.15, 0.2) is 5.78 Å². The van der Waals surface area contributed by atoms with Crippen molar-refractivity contribution in [2.45, 2.75) is 30.8 Å². The van der Waals surface area contributed by atoms with Gasteiger partial charge in [-0.05, 0) is 83.6 Å². The first kappa shape index (κ1) is 33.8. The molecule has 0 spiro atoms. The second-order valence-electron chi connectivity index (χ2n) is 13.8. The van der Waals surface area contributed by atoms with Crippen LogP contribution < -0.4 is 14.4 Å². The standard InChI is InChI=1S/C45H37NO7/c1-27(2)53-42(49)34-17-11-12-18-35(34)46-40(47)38-39(41(46)48)45(31-15-9-6-10-16-31)37(29-21-25-33(52-4)26-22-29)36(28-19-23-32(51-3)24-20-28)44(38,43(45)50)30-13-7-5-8-14-30/h5-27,38-39H,1-4H3/t38-,39-,44+,45+/m0/s1. The summed E-state index contributed by atoms with van der Waals surface area (Å²) in [5.41, 5.74) is 0.894. The van der Waals surface area contributed by atoms with E-state index in [-0.39, 0.29) is 17.0 Å². The fourth-order valence-electron chi connectivity index (χ4n) is 9.00. The van der Waals surface area contributed by atoms with Gasteiger partial charge in [0, 0.05) is 0 Å². The molecule has 1 aliphatic heterocycles. The summed E-state index contributed by atoms with van der Waals surface area (Å²) in [6.45, 7) is 3.47. The molecule has 2 fully saturated rings. The second kappa shape index (κ2) is 12.7. The van der Waals surface area contributed by atoms with Gasteiger partial charge in [0.1, 0.15) is 11.5 Å². The molecule has 2 amide bonds. The molecule has 5 aromatic rings. The van der Waals surface area contributed by atoms with Crippen LogP contribution in [0.25, 0.3) is 11.1 Å². The molecule has 0 radical (unpaired) electrons. The number of fused-ring (bicyclic) bond motifs is 5. The number of carbonyl (C=O) groups is 4. The Morgan fingerprint density at radius 2 is 1.00 bits per heavy atom. The highest BCUT2D eigenvalue weighted by molar-refractivity contribution is 6.39. The molecule has 264 valence electrons. The average molecular weight is 704 g/mol. The summed E-state index contributed by atoms with van der Waals surface area (Å²) in [7, 11) is 3.18. The first-order chi connectivity index (χ1) is 25.7. The Morgan fingerprint density at radius 1 is 0.585 bits per heavy atom. The zero-order chi connectivity index (χ0) is 37.1. The van der Waals surface area contributed by atoms with Gasteiger partial charge >= 0.3 is 5.97 Å². The van der Waals surface area contributed by atoms with Crippen LogP contribution >= 0.6 is 0 Å². The second-order valence-corrected chi connectivity index (χ2v) is 13.8. The van der Waals surface area contributed by atoms with Gasteiger partial charge < -0.3 is 14.2 Å². The number of hydrogen-bond donors (Lipinski definition) is 0. The van der Waals surface area contributed by atoms with Crippen LogP contribution in [0.4, 0.5) is 5.69 Å². The third-order valence-corrected chi connectivity index (χ3v) is 10.9. The number of para-hydroxylation sites is 1. The maximum Gasteiger partial charge on any atom is 0.340 e.